The van der Waals surface area contributed by atoms with Crippen LogP contribution < -0.4 is 5.32 Å². The average Bonchev–Trinajstić information content (AvgIpc) is 3.20. The van der Waals surface area contributed by atoms with Crippen molar-refractivity contribution in [3.63, 3.8) is 0 Å². The molecule has 4 aliphatic rings. The van der Waals surface area contributed by atoms with Gasteiger partial charge in [0.15, 0.2) is 5.75 Å². The molecule has 0 aliphatic heterocycles. The van der Waals surface area contributed by atoms with Crippen LogP contribution in [0.5, 0.6) is 0 Å². The largest absolute Gasteiger partial charge is 0.356 e. The maximum Gasteiger partial charge on any atom is 0.273 e. The molecule has 3 N–H and O–H groups in total. The van der Waals surface area contributed by atoms with Gasteiger partial charge in [0.1, 0.15) is 0 Å². The molecule has 4 aliphatic carbocycles. The van der Waals surface area contributed by atoms with Gasteiger partial charge in [-0.1, -0.05) is 33.6 Å². The number of nitrogens with one attached hydrogen (secondary N) is 1. The second kappa shape index (κ2) is 11.8. The Hall–Kier alpha value is -0.700. The lowest BCUT2D eigenvalue weighted by Crippen LogP contribution is -2.61. The number of hydrogen-bond acceptors (Lipinski definition) is 4. The minimum atomic E-state index is -4.29. The lowest BCUT2D eigenvalue weighted by atomic mass is 9.44. The van der Waals surface area contributed by atoms with Gasteiger partial charge in [0.05, 0.1) is 20.6 Å². The first-order valence-electron chi connectivity index (χ1n) is 16.3. The lowest BCUT2D eigenvalue weighted by Gasteiger charge is -2.61. The third kappa shape index (κ3) is 6.45. The molecule has 0 heterocycles. The van der Waals surface area contributed by atoms with Gasteiger partial charge in [-0.3, -0.25) is 9.35 Å². The quantitative estimate of drug-likeness (QED) is 0.127. The van der Waals surface area contributed by atoms with Crippen molar-refractivity contribution < 1.29 is 27.4 Å². The summed E-state index contributed by atoms with van der Waals surface area (Å²) in [6.07, 6.45) is 16.3. The van der Waals surface area contributed by atoms with Gasteiger partial charge in [0.2, 0.25) is 11.6 Å². The van der Waals surface area contributed by atoms with Crippen molar-refractivity contribution in [1.29, 1.82) is 0 Å². The summed E-state index contributed by atoms with van der Waals surface area (Å²) in [7, 11) is -0.823. The molecule has 8 heteroatoms. The van der Waals surface area contributed by atoms with E-state index < -0.39 is 21.6 Å². The predicted molar refractivity (Wildman–Crippen MR) is 160 cm³/mol. The van der Waals surface area contributed by atoms with Crippen LogP contribution in [0.1, 0.15) is 111 Å². The van der Waals surface area contributed by atoms with E-state index >= 15 is 0 Å². The van der Waals surface area contributed by atoms with Gasteiger partial charge in [-0.05, 0) is 104 Å². The zero-order chi connectivity index (χ0) is 29.6. The van der Waals surface area contributed by atoms with Crippen molar-refractivity contribution in [2.24, 2.45) is 46.3 Å². The Bertz CT molecular complexity index is 1010. The van der Waals surface area contributed by atoms with Crippen molar-refractivity contribution >= 4 is 16.0 Å². The molecular formula is C32H59N2O5S+. The van der Waals surface area contributed by atoms with E-state index in [1.54, 1.807) is 14.1 Å². The Balaban J connectivity index is 1.23. The number of nitrogens with zero attached hydrogens (tertiary/aromatic N) is 1. The molecule has 9 atom stereocenters. The summed E-state index contributed by atoms with van der Waals surface area (Å²) in [5.74, 6) is 4.30. The number of carbonyl (C=O) groups is 1. The van der Waals surface area contributed by atoms with Crippen LogP contribution in [-0.4, -0.2) is 67.1 Å². The molecule has 0 aromatic rings. The Morgan fingerprint density at radius 3 is 2.42 bits per heavy atom. The molecular weight excluding hydrogens is 524 g/mol. The maximum absolute atomic E-state index is 12.7. The molecule has 4 saturated carbocycles. The first-order valence-corrected chi connectivity index (χ1v) is 17.9. The van der Waals surface area contributed by atoms with Gasteiger partial charge in [-0.25, -0.2) is 0 Å². The number of amides is 1. The van der Waals surface area contributed by atoms with Gasteiger partial charge >= 0.3 is 0 Å². The third-order valence-corrected chi connectivity index (χ3v) is 14.1. The van der Waals surface area contributed by atoms with E-state index in [0.717, 1.165) is 30.1 Å². The Morgan fingerprint density at radius 1 is 1.02 bits per heavy atom. The number of aliphatic hydroxyl groups is 1. The van der Waals surface area contributed by atoms with Gasteiger partial charge in [0.25, 0.3) is 10.1 Å². The van der Waals surface area contributed by atoms with Gasteiger partial charge < -0.3 is 14.9 Å². The molecule has 7 nitrogen and oxygen atoms in total. The molecule has 0 spiro atoms. The highest BCUT2D eigenvalue weighted by Crippen LogP contribution is 2.68. The summed E-state index contributed by atoms with van der Waals surface area (Å²) in [6, 6.07) is 0. The first kappa shape index (κ1) is 32.2. The van der Waals surface area contributed by atoms with Crippen molar-refractivity contribution in [3.05, 3.63) is 0 Å². The predicted octanol–water partition coefficient (Wildman–Crippen LogP) is 5.63. The smallest absolute Gasteiger partial charge is 0.273 e. The number of fused-ring (bicyclic) bond motifs is 5. The standard InChI is InChI=1S/C32H58N2O5S/c1-23(11-16-29(35)33-20-9-21-34(5,6)32(4,36)22-40(37,38)39)26-14-15-27-25-13-12-24-10-7-8-18-30(24,2)28(25)17-19-31(26,27)3/h23-28,36H,7-22H2,1-6H3,(H-,33,35,37,38,39)/p+1/t23-,24?,25?,26-,27?,28?,30+,31-,32?/m1/s1. The molecule has 0 bridgehead atoms. The normalized spacial score (nSPS) is 38.5. The van der Waals surface area contributed by atoms with E-state index in [4.69, 9.17) is 0 Å². The fourth-order valence-corrected chi connectivity index (χ4v) is 11.4. The van der Waals surface area contributed by atoms with E-state index in [2.05, 4.69) is 26.1 Å². The van der Waals surface area contributed by atoms with Crippen LogP contribution in [0, 0.1) is 46.3 Å². The fourth-order valence-electron chi connectivity index (χ4n) is 10.4. The van der Waals surface area contributed by atoms with Crippen LogP contribution >= 0.6 is 0 Å². The van der Waals surface area contributed by atoms with Crippen LogP contribution in [0.4, 0.5) is 0 Å². The molecule has 4 rings (SSSR count). The van der Waals surface area contributed by atoms with E-state index in [1.807, 2.05) is 0 Å². The summed E-state index contributed by atoms with van der Waals surface area (Å²) in [6.45, 7) is 10.0. The first-order chi connectivity index (χ1) is 18.5. The van der Waals surface area contributed by atoms with Crippen LogP contribution in [0.2, 0.25) is 0 Å². The van der Waals surface area contributed by atoms with E-state index in [9.17, 15) is 22.9 Å². The second-order valence-corrected chi connectivity index (χ2v) is 17.2. The maximum atomic E-state index is 12.7. The number of quaternary nitrogens is 1. The molecule has 0 aromatic heterocycles. The molecule has 1 amide bonds. The molecule has 5 unspecified atom stereocenters. The van der Waals surface area contributed by atoms with Crippen molar-refractivity contribution in [1.82, 2.24) is 5.32 Å². The van der Waals surface area contributed by atoms with E-state index in [0.29, 0.717) is 48.6 Å². The van der Waals surface area contributed by atoms with E-state index in [1.165, 1.54) is 71.1 Å². The summed E-state index contributed by atoms with van der Waals surface area (Å²) in [5.41, 5.74) is -0.600. The fraction of sp³-hybridized carbons (Fsp3) is 0.969. The number of rotatable bonds is 11. The monoisotopic (exact) mass is 583 g/mol. The SMILES string of the molecule is C[C@H](CCC(=O)NCCC[N+](C)(C)C(C)(O)CS(=O)(=O)O)[C@H]1CCC2C3CCC4CCCC[C@]4(C)C3CC[C@@]21C. The summed E-state index contributed by atoms with van der Waals surface area (Å²) < 4.78 is 31.8. The van der Waals surface area contributed by atoms with Crippen molar-refractivity contribution in [2.45, 2.75) is 117 Å². The van der Waals surface area contributed by atoms with Crippen LogP contribution in [0.3, 0.4) is 0 Å². The van der Waals surface area contributed by atoms with Gasteiger partial charge in [-0.2, -0.15) is 8.42 Å². The Labute approximate surface area is 244 Å². The molecule has 0 aromatic carbocycles. The molecule has 0 radical (unpaired) electrons. The minimum absolute atomic E-state index is 0.0166. The van der Waals surface area contributed by atoms with Crippen LogP contribution in [0.15, 0.2) is 0 Å². The number of carbonyl (C=O) groups excluding carboxylic acids is 1. The van der Waals surface area contributed by atoms with Crippen LogP contribution in [-0.2, 0) is 14.9 Å². The van der Waals surface area contributed by atoms with E-state index in [-0.39, 0.29) is 10.4 Å². The highest BCUT2D eigenvalue weighted by Gasteiger charge is 2.60. The van der Waals surface area contributed by atoms with Crippen LogP contribution in [0.25, 0.3) is 0 Å². The topological polar surface area (TPSA) is 104 Å². The summed E-state index contributed by atoms with van der Waals surface area (Å²) in [5, 5.41) is 13.6. The highest BCUT2D eigenvalue weighted by molar-refractivity contribution is 7.85. The average molecular weight is 584 g/mol. The van der Waals surface area contributed by atoms with Gasteiger partial charge in [0, 0.05) is 26.3 Å². The molecule has 4 fully saturated rings. The Morgan fingerprint density at radius 2 is 1.73 bits per heavy atom. The van der Waals surface area contributed by atoms with Crippen molar-refractivity contribution in [2.75, 3.05) is 32.9 Å². The minimum Gasteiger partial charge on any atom is -0.356 e. The summed E-state index contributed by atoms with van der Waals surface area (Å²) in [4.78, 5) is 12.7. The van der Waals surface area contributed by atoms with Gasteiger partial charge in [-0.15, -0.1) is 0 Å². The van der Waals surface area contributed by atoms with Crippen molar-refractivity contribution in [3.8, 4) is 0 Å². The number of hydrogen-bond donors (Lipinski definition) is 3. The zero-order valence-electron chi connectivity index (χ0n) is 26.3. The molecule has 0 saturated heterocycles. The Kier molecular flexibility index (Phi) is 9.48. The zero-order valence-corrected chi connectivity index (χ0v) is 27.1. The molecule has 40 heavy (non-hydrogen) atoms. The highest BCUT2D eigenvalue weighted by atomic mass is 32.2. The lowest BCUT2D eigenvalue weighted by molar-refractivity contribution is -0.961. The summed E-state index contributed by atoms with van der Waals surface area (Å²) >= 11 is 0. The second-order valence-electron chi connectivity index (χ2n) is 15.7. The third-order valence-electron chi connectivity index (χ3n) is 13.1. The molecule has 232 valence electrons.